The smallest absolute Gasteiger partial charge is 0.323 e. The summed E-state index contributed by atoms with van der Waals surface area (Å²) >= 11 is 1.57. The number of ether oxygens (including phenoxy) is 1. The van der Waals surface area contributed by atoms with Gasteiger partial charge in [0.1, 0.15) is 0 Å². The first-order chi connectivity index (χ1) is 8.96. The Bertz CT molecular complexity index is 403. The molecule has 19 heavy (non-hydrogen) atoms. The van der Waals surface area contributed by atoms with Gasteiger partial charge < -0.3 is 20.9 Å². The molecule has 0 saturated carbocycles. The summed E-state index contributed by atoms with van der Waals surface area (Å²) < 4.78 is 5.31. The summed E-state index contributed by atoms with van der Waals surface area (Å²) in [6, 6.07) is 0.196. The van der Waals surface area contributed by atoms with E-state index in [9.17, 15) is 5.11 Å². The fraction of sp³-hybridized carbons (Fsp3) is 0.727. The molecule has 0 spiro atoms. The topological polar surface area (TPSA) is 106 Å². The monoisotopic (exact) mass is 287 g/mol. The highest BCUT2D eigenvalue weighted by Gasteiger charge is 2.20. The second-order valence-corrected chi connectivity index (χ2v) is 5.30. The normalized spacial score (nSPS) is 13.9. The molecule has 0 aliphatic heterocycles. The zero-order valence-corrected chi connectivity index (χ0v) is 12.3. The van der Waals surface area contributed by atoms with E-state index in [1.54, 1.807) is 18.7 Å². The molecule has 108 valence electrons. The highest BCUT2D eigenvalue weighted by atomic mass is 32.2. The second kappa shape index (κ2) is 7.34. The Morgan fingerprint density at radius 2 is 2.16 bits per heavy atom. The van der Waals surface area contributed by atoms with E-state index in [1.165, 1.54) is 0 Å². The first-order valence-electron chi connectivity index (χ1n) is 6.06. The van der Waals surface area contributed by atoms with Crippen LogP contribution in [0.1, 0.15) is 20.3 Å². The first-order valence-corrected chi connectivity index (χ1v) is 7.46. The van der Waals surface area contributed by atoms with Crippen LogP contribution in [0.3, 0.4) is 0 Å². The molecule has 0 bridgehead atoms. The molecule has 0 fully saturated rings. The summed E-state index contributed by atoms with van der Waals surface area (Å²) in [5, 5.41) is 13.0. The molecule has 0 aliphatic rings. The van der Waals surface area contributed by atoms with Crippen molar-refractivity contribution in [3.8, 4) is 6.01 Å². The molecular formula is C11H21N5O2S. The zero-order valence-electron chi connectivity index (χ0n) is 11.5. The third-order valence-corrected chi connectivity index (χ3v) is 3.06. The van der Waals surface area contributed by atoms with Crippen LogP contribution in [0.5, 0.6) is 6.01 Å². The quantitative estimate of drug-likeness (QED) is 0.643. The van der Waals surface area contributed by atoms with E-state index in [0.717, 1.165) is 6.42 Å². The molecule has 8 heteroatoms. The number of nitrogen functional groups attached to an aromatic ring is 1. The Kier molecular flexibility index (Phi) is 6.10. The maximum Gasteiger partial charge on any atom is 0.323 e. The van der Waals surface area contributed by atoms with Crippen molar-refractivity contribution in [1.82, 2.24) is 15.0 Å². The average molecular weight is 287 g/mol. The molecule has 1 aromatic heterocycles. The first kappa shape index (κ1) is 15.8. The molecule has 1 aromatic rings. The lowest BCUT2D eigenvalue weighted by molar-refractivity contribution is 0.0995. The Morgan fingerprint density at radius 3 is 2.79 bits per heavy atom. The van der Waals surface area contributed by atoms with Gasteiger partial charge in [-0.1, -0.05) is 6.92 Å². The maximum absolute atomic E-state index is 10.0. The summed E-state index contributed by atoms with van der Waals surface area (Å²) in [4.78, 5) is 11.9. The zero-order chi connectivity index (χ0) is 14.3. The van der Waals surface area contributed by atoms with Gasteiger partial charge in [-0.25, -0.2) is 0 Å². The van der Waals surface area contributed by atoms with E-state index in [2.05, 4.69) is 20.3 Å². The second-order valence-electron chi connectivity index (χ2n) is 4.43. The standard InChI is InChI=1S/C11H21N5O2S/c1-4-5-18-10-15-8(12)14-9(16-10)13-6-11(2,17)7-19-3/h17H,4-7H2,1-3H3,(H3,12,13,14,15,16). The number of aromatic nitrogens is 3. The molecule has 0 aliphatic carbocycles. The van der Waals surface area contributed by atoms with Crippen molar-refractivity contribution < 1.29 is 9.84 Å². The lowest BCUT2D eigenvalue weighted by Crippen LogP contribution is -2.36. The van der Waals surface area contributed by atoms with Gasteiger partial charge in [0.25, 0.3) is 0 Å². The number of nitrogens with zero attached hydrogens (tertiary/aromatic N) is 3. The van der Waals surface area contributed by atoms with Crippen molar-refractivity contribution in [3.63, 3.8) is 0 Å². The summed E-state index contributed by atoms with van der Waals surface area (Å²) in [7, 11) is 0. The van der Waals surface area contributed by atoms with Gasteiger partial charge >= 0.3 is 6.01 Å². The van der Waals surface area contributed by atoms with Gasteiger partial charge in [-0.3, -0.25) is 0 Å². The largest absolute Gasteiger partial charge is 0.463 e. The average Bonchev–Trinajstić information content (AvgIpc) is 2.33. The molecule has 1 rings (SSSR count). The molecule has 0 radical (unpaired) electrons. The highest BCUT2D eigenvalue weighted by Crippen LogP contribution is 2.13. The SMILES string of the molecule is CCCOc1nc(N)nc(NCC(C)(O)CSC)n1. The lowest BCUT2D eigenvalue weighted by atomic mass is 10.1. The highest BCUT2D eigenvalue weighted by molar-refractivity contribution is 7.98. The van der Waals surface area contributed by atoms with Crippen LogP contribution in [0.15, 0.2) is 0 Å². The molecule has 1 unspecified atom stereocenters. The van der Waals surface area contributed by atoms with Crippen LogP contribution in [0.4, 0.5) is 11.9 Å². The van der Waals surface area contributed by atoms with E-state index >= 15 is 0 Å². The molecule has 0 aromatic carbocycles. The van der Waals surface area contributed by atoms with Gasteiger partial charge in [0.05, 0.1) is 12.2 Å². The van der Waals surface area contributed by atoms with Crippen molar-refractivity contribution in [2.75, 3.05) is 36.2 Å². The number of nitrogens with two attached hydrogens (primary N) is 1. The molecule has 1 atom stereocenters. The van der Waals surface area contributed by atoms with Crippen LogP contribution in [-0.2, 0) is 0 Å². The molecule has 0 saturated heterocycles. The fourth-order valence-corrected chi connectivity index (χ4v) is 2.06. The van der Waals surface area contributed by atoms with Gasteiger partial charge in [-0.2, -0.15) is 26.7 Å². The molecule has 0 amide bonds. The van der Waals surface area contributed by atoms with Crippen molar-refractivity contribution in [3.05, 3.63) is 0 Å². The van der Waals surface area contributed by atoms with Gasteiger partial charge in [0.2, 0.25) is 11.9 Å². The summed E-state index contributed by atoms with van der Waals surface area (Å²) in [5.74, 6) is 1.01. The van der Waals surface area contributed by atoms with Crippen LogP contribution in [0.2, 0.25) is 0 Å². The predicted octanol–water partition coefficient (Wildman–Crippen LogP) is 0.768. The number of hydrogen-bond acceptors (Lipinski definition) is 8. The van der Waals surface area contributed by atoms with E-state index < -0.39 is 5.60 Å². The van der Waals surface area contributed by atoms with Gasteiger partial charge in [-0.15, -0.1) is 0 Å². The van der Waals surface area contributed by atoms with Crippen molar-refractivity contribution >= 4 is 23.7 Å². The third kappa shape index (κ3) is 5.93. The number of thioether (sulfide) groups is 1. The number of hydrogen-bond donors (Lipinski definition) is 3. The Balaban J connectivity index is 2.65. The summed E-state index contributed by atoms with van der Waals surface area (Å²) in [6.07, 6.45) is 2.79. The van der Waals surface area contributed by atoms with E-state index in [-0.39, 0.29) is 12.0 Å². The molecule has 1 heterocycles. The predicted molar refractivity (Wildman–Crippen MR) is 77.5 cm³/mol. The lowest BCUT2D eigenvalue weighted by Gasteiger charge is -2.22. The number of nitrogens with one attached hydrogen (secondary N) is 1. The van der Waals surface area contributed by atoms with Gasteiger partial charge in [-0.05, 0) is 19.6 Å². The maximum atomic E-state index is 10.0. The van der Waals surface area contributed by atoms with E-state index in [0.29, 0.717) is 24.9 Å². The molecule has 4 N–H and O–H groups in total. The van der Waals surface area contributed by atoms with Crippen molar-refractivity contribution in [2.24, 2.45) is 0 Å². The van der Waals surface area contributed by atoms with E-state index in [4.69, 9.17) is 10.5 Å². The summed E-state index contributed by atoms with van der Waals surface area (Å²) in [5.41, 5.74) is 4.74. The van der Waals surface area contributed by atoms with Crippen molar-refractivity contribution in [1.29, 1.82) is 0 Å². The number of aliphatic hydroxyl groups is 1. The third-order valence-electron chi connectivity index (χ3n) is 2.15. The minimum absolute atomic E-state index is 0.0908. The fourth-order valence-electron chi connectivity index (χ4n) is 1.34. The summed E-state index contributed by atoms with van der Waals surface area (Å²) in [6.45, 7) is 4.58. The Morgan fingerprint density at radius 1 is 1.42 bits per heavy atom. The molecular weight excluding hydrogens is 266 g/mol. The molecule has 7 nitrogen and oxygen atoms in total. The number of rotatable bonds is 8. The Hall–Kier alpha value is -1.28. The van der Waals surface area contributed by atoms with Crippen molar-refractivity contribution in [2.45, 2.75) is 25.9 Å². The van der Waals surface area contributed by atoms with Gasteiger partial charge in [0, 0.05) is 12.3 Å². The van der Waals surface area contributed by atoms with Crippen LogP contribution >= 0.6 is 11.8 Å². The number of anilines is 2. The van der Waals surface area contributed by atoms with Crippen LogP contribution in [0.25, 0.3) is 0 Å². The van der Waals surface area contributed by atoms with Gasteiger partial charge in [0.15, 0.2) is 0 Å². The van der Waals surface area contributed by atoms with Crippen LogP contribution in [-0.4, -0.2) is 50.8 Å². The minimum atomic E-state index is -0.842. The van der Waals surface area contributed by atoms with E-state index in [1.807, 2.05) is 13.2 Å². The minimum Gasteiger partial charge on any atom is -0.463 e. The van der Waals surface area contributed by atoms with Crippen LogP contribution in [0, 0.1) is 0 Å². The Labute approximate surface area is 117 Å². The van der Waals surface area contributed by atoms with Crippen LogP contribution < -0.4 is 15.8 Å².